The van der Waals surface area contributed by atoms with Gasteiger partial charge in [0.25, 0.3) is 0 Å². The van der Waals surface area contributed by atoms with Crippen LogP contribution in [0.15, 0.2) is 18.2 Å². The van der Waals surface area contributed by atoms with E-state index in [1.54, 1.807) is 12.1 Å². The van der Waals surface area contributed by atoms with Crippen molar-refractivity contribution < 1.29 is 15.0 Å². The summed E-state index contributed by atoms with van der Waals surface area (Å²) in [5, 5.41) is 18.3. The lowest BCUT2D eigenvalue weighted by atomic mass is 10.2. The molecule has 0 aliphatic heterocycles. The Hall–Kier alpha value is -1.55. The molecule has 4 nitrogen and oxygen atoms in total. The van der Waals surface area contributed by atoms with E-state index in [2.05, 4.69) is 0 Å². The zero-order valence-electron chi connectivity index (χ0n) is 8.68. The third-order valence-electron chi connectivity index (χ3n) is 2.26. The summed E-state index contributed by atoms with van der Waals surface area (Å²) < 4.78 is 0. The lowest BCUT2D eigenvalue weighted by molar-refractivity contribution is 0.112. The number of aliphatic hydroxyl groups is 1. The smallest absolute Gasteiger partial charge is 0.153 e. The fourth-order valence-corrected chi connectivity index (χ4v) is 1.42. The average molecular weight is 209 g/mol. The number of hydrogen-bond acceptors (Lipinski definition) is 4. The summed E-state index contributed by atoms with van der Waals surface area (Å²) in [5.74, 6) is -0.0288. The Bertz CT molecular complexity index is 339. The number of rotatable bonds is 5. The maximum absolute atomic E-state index is 10.5. The predicted octanol–water partition coefficient (Wildman–Crippen LogP) is 1.02. The van der Waals surface area contributed by atoms with Crippen molar-refractivity contribution in [3.8, 4) is 5.75 Å². The molecule has 1 rings (SSSR count). The number of carbonyl (C=O) groups is 1. The number of nitrogens with zero attached hydrogens (tertiary/aromatic N) is 1. The zero-order chi connectivity index (χ0) is 11.3. The molecule has 0 amide bonds. The number of carbonyl (C=O) groups excluding carboxylic acids is 1. The topological polar surface area (TPSA) is 60.8 Å². The maximum atomic E-state index is 10.5. The number of likely N-dealkylation sites (N-methyl/N-ethyl adjacent to an activating group) is 1. The van der Waals surface area contributed by atoms with E-state index in [-0.39, 0.29) is 17.9 Å². The van der Waals surface area contributed by atoms with Crippen molar-refractivity contribution in [2.45, 2.75) is 6.92 Å². The quantitative estimate of drug-likeness (QED) is 0.711. The summed E-state index contributed by atoms with van der Waals surface area (Å²) in [6.45, 7) is 3.27. The Balaban J connectivity index is 2.94. The first-order chi connectivity index (χ1) is 7.22. The molecule has 4 heteroatoms. The molecule has 0 aromatic heterocycles. The highest BCUT2D eigenvalue weighted by atomic mass is 16.3. The SMILES string of the molecule is CCN(CCO)c1ccc(C=O)c(O)c1. The molecule has 0 aliphatic rings. The van der Waals surface area contributed by atoms with Gasteiger partial charge in [-0.1, -0.05) is 0 Å². The molecule has 0 saturated heterocycles. The van der Waals surface area contributed by atoms with E-state index in [0.29, 0.717) is 12.8 Å². The lowest BCUT2D eigenvalue weighted by Gasteiger charge is -2.22. The zero-order valence-corrected chi connectivity index (χ0v) is 8.68. The Morgan fingerprint density at radius 3 is 2.67 bits per heavy atom. The molecule has 0 radical (unpaired) electrons. The van der Waals surface area contributed by atoms with Crippen LogP contribution in [0.5, 0.6) is 5.75 Å². The second kappa shape index (κ2) is 5.36. The van der Waals surface area contributed by atoms with Gasteiger partial charge in [0.15, 0.2) is 6.29 Å². The molecule has 0 fully saturated rings. The van der Waals surface area contributed by atoms with Crippen LogP contribution in [0.25, 0.3) is 0 Å². The first-order valence-electron chi connectivity index (χ1n) is 4.87. The van der Waals surface area contributed by atoms with E-state index in [4.69, 9.17) is 5.11 Å². The van der Waals surface area contributed by atoms with E-state index < -0.39 is 0 Å². The molecule has 0 aliphatic carbocycles. The summed E-state index contributed by atoms with van der Waals surface area (Å²) in [5.41, 5.74) is 1.08. The Kier molecular flexibility index (Phi) is 4.12. The van der Waals surface area contributed by atoms with Crippen molar-refractivity contribution in [2.75, 3.05) is 24.6 Å². The monoisotopic (exact) mass is 209 g/mol. The maximum Gasteiger partial charge on any atom is 0.153 e. The number of anilines is 1. The van der Waals surface area contributed by atoms with Crippen LogP contribution in [0, 0.1) is 0 Å². The highest BCUT2D eigenvalue weighted by Gasteiger charge is 2.06. The third-order valence-corrected chi connectivity index (χ3v) is 2.26. The van der Waals surface area contributed by atoms with Crippen LogP contribution in [-0.2, 0) is 0 Å². The van der Waals surface area contributed by atoms with Crippen LogP contribution in [0.1, 0.15) is 17.3 Å². The van der Waals surface area contributed by atoms with E-state index in [9.17, 15) is 9.90 Å². The number of aldehydes is 1. The molecule has 0 heterocycles. The minimum absolute atomic E-state index is 0.0288. The molecule has 0 atom stereocenters. The van der Waals surface area contributed by atoms with E-state index in [0.717, 1.165) is 12.2 Å². The molecule has 0 spiro atoms. The van der Waals surface area contributed by atoms with Gasteiger partial charge in [-0.05, 0) is 19.1 Å². The van der Waals surface area contributed by atoms with Crippen molar-refractivity contribution in [2.24, 2.45) is 0 Å². The highest BCUT2D eigenvalue weighted by Crippen LogP contribution is 2.23. The summed E-state index contributed by atoms with van der Waals surface area (Å²) in [7, 11) is 0. The number of aromatic hydroxyl groups is 1. The van der Waals surface area contributed by atoms with Gasteiger partial charge in [-0.2, -0.15) is 0 Å². The van der Waals surface area contributed by atoms with Crippen LogP contribution in [-0.4, -0.2) is 36.2 Å². The molecule has 15 heavy (non-hydrogen) atoms. The van der Waals surface area contributed by atoms with E-state index >= 15 is 0 Å². The molecular formula is C11H15NO3. The van der Waals surface area contributed by atoms with Gasteiger partial charge in [0.2, 0.25) is 0 Å². The van der Waals surface area contributed by atoms with Crippen molar-refractivity contribution in [1.82, 2.24) is 0 Å². The predicted molar refractivity (Wildman–Crippen MR) is 58.5 cm³/mol. The lowest BCUT2D eigenvalue weighted by Crippen LogP contribution is -2.26. The van der Waals surface area contributed by atoms with Crippen molar-refractivity contribution in [3.63, 3.8) is 0 Å². The molecule has 0 bridgehead atoms. The van der Waals surface area contributed by atoms with Crippen LogP contribution in [0.3, 0.4) is 0 Å². The van der Waals surface area contributed by atoms with Gasteiger partial charge in [0, 0.05) is 24.8 Å². The fraction of sp³-hybridized carbons (Fsp3) is 0.364. The molecular weight excluding hydrogens is 194 g/mol. The minimum atomic E-state index is -0.0288. The van der Waals surface area contributed by atoms with Crippen molar-refractivity contribution >= 4 is 12.0 Å². The summed E-state index contributed by atoms with van der Waals surface area (Å²) in [4.78, 5) is 12.4. The minimum Gasteiger partial charge on any atom is -0.507 e. The summed E-state index contributed by atoms with van der Waals surface area (Å²) >= 11 is 0. The molecule has 0 unspecified atom stereocenters. The van der Waals surface area contributed by atoms with Gasteiger partial charge in [0.1, 0.15) is 5.75 Å². The van der Waals surface area contributed by atoms with Gasteiger partial charge in [-0.3, -0.25) is 4.79 Å². The number of phenols is 1. The molecule has 1 aromatic carbocycles. The Labute approximate surface area is 88.8 Å². The van der Waals surface area contributed by atoms with Gasteiger partial charge in [-0.25, -0.2) is 0 Å². The van der Waals surface area contributed by atoms with Gasteiger partial charge < -0.3 is 15.1 Å². The molecule has 0 saturated carbocycles. The fourth-order valence-electron chi connectivity index (χ4n) is 1.42. The highest BCUT2D eigenvalue weighted by molar-refractivity contribution is 5.80. The average Bonchev–Trinajstić information content (AvgIpc) is 2.25. The molecule has 2 N–H and O–H groups in total. The Morgan fingerprint density at radius 2 is 2.20 bits per heavy atom. The van der Waals surface area contributed by atoms with Crippen LogP contribution < -0.4 is 4.90 Å². The summed E-state index contributed by atoms with van der Waals surface area (Å²) in [6, 6.07) is 4.85. The number of benzene rings is 1. The van der Waals surface area contributed by atoms with Crippen molar-refractivity contribution in [3.05, 3.63) is 23.8 Å². The second-order valence-corrected chi connectivity index (χ2v) is 3.16. The van der Waals surface area contributed by atoms with E-state index in [1.165, 1.54) is 6.07 Å². The number of hydrogen-bond donors (Lipinski definition) is 2. The van der Waals surface area contributed by atoms with Crippen LogP contribution in [0.2, 0.25) is 0 Å². The molecule has 1 aromatic rings. The normalized spacial score (nSPS) is 10.0. The number of aliphatic hydroxyl groups excluding tert-OH is 1. The third kappa shape index (κ3) is 2.70. The van der Waals surface area contributed by atoms with Crippen LogP contribution in [0.4, 0.5) is 5.69 Å². The van der Waals surface area contributed by atoms with E-state index in [1.807, 2.05) is 11.8 Å². The molecule has 82 valence electrons. The standard InChI is InChI=1S/C11H15NO3/c1-2-12(5-6-13)10-4-3-9(8-14)11(15)7-10/h3-4,7-8,13,15H,2,5-6H2,1H3. The number of phenolic OH excluding ortho intramolecular Hbond substituents is 1. The van der Waals surface area contributed by atoms with Crippen molar-refractivity contribution in [1.29, 1.82) is 0 Å². The second-order valence-electron chi connectivity index (χ2n) is 3.16. The van der Waals surface area contributed by atoms with Gasteiger partial charge >= 0.3 is 0 Å². The largest absolute Gasteiger partial charge is 0.507 e. The first-order valence-corrected chi connectivity index (χ1v) is 4.87. The summed E-state index contributed by atoms with van der Waals surface area (Å²) in [6.07, 6.45) is 0.613. The van der Waals surface area contributed by atoms with Crippen LogP contribution >= 0.6 is 0 Å². The first kappa shape index (κ1) is 11.5. The Morgan fingerprint density at radius 1 is 1.47 bits per heavy atom. The van der Waals surface area contributed by atoms with Gasteiger partial charge in [0.05, 0.1) is 12.2 Å². The van der Waals surface area contributed by atoms with Gasteiger partial charge in [-0.15, -0.1) is 0 Å².